The molecule has 0 spiro atoms. The molecule has 3 N–H and O–H groups in total. The van der Waals surface area contributed by atoms with Crippen LogP contribution in [0.4, 0.5) is 4.79 Å². The molecule has 21 heavy (non-hydrogen) atoms. The van der Waals surface area contributed by atoms with Gasteiger partial charge in [-0.3, -0.25) is 0 Å². The van der Waals surface area contributed by atoms with E-state index in [2.05, 4.69) is 17.6 Å². The van der Waals surface area contributed by atoms with Crippen molar-refractivity contribution >= 4 is 6.03 Å². The number of amides is 2. The van der Waals surface area contributed by atoms with Gasteiger partial charge >= 0.3 is 6.03 Å². The highest BCUT2D eigenvalue weighted by Crippen LogP contribution is 2.23. The number of rotatable bonds is 4. The van der Waals surface area contributed by atoms with Gasteiger partial charge < -0.3 is 20.5 Å². The zero-order chi connectivity index (χ0) is 15.2. The van der Waals surface area contributed by atoms with E-state index in [4.69, 9.17) is 4.74 Å². The first-order valence-corrected chi connectivity index (χ1v) is 7.57. The van der Waals surface area contributed by atoms with Crippen molar-refractivity contribution in [1.82, 2.24) is 10.6 Å². The van der Waals surface area contributed by atoms with Crippen molar-refractivity contribution < 1.29 is 14.6 Å². The summed E-state index contributed by atoms with van der Waals surface area (Å²) >= 11 is 0. The van der Waals surface area contributed by atoms with Crippen LogP contribution in [0, 0.1) is 5.92 Å². The van der Waals surface area contributed by atoms with Crippen molar-refractivity contribution in [2.45, 2.75) is 51.8 Å². The van der Waals surface area contributed by atoms with E-state index in [1.54, 1.807) is 31.2 Å². The molecule has 3 atom stereocenters. The molecule has 0 aromatic heterocycles. The number of carbonyl (C=O) groups is 1. The van der Waals surface area contributed by atoms with Crippen LogP contribution in [-0.2, 0) is 0 Å². The summed E-state index contributed by atoms with van der Waals surface area (Å²) in [5.74, 6) is 1.32. The lowest BCUT2D eigenvalue weighted by molar-refractivity contribution is 0.170. The van der Waals surface area contributed by atoms with Crippen molar-refractivity contribution in [1.29, 1.82) is 0 Å². The van der Waals surface area contributed by atoms with Crippen LogP contribution < -0.4 is 15.4 Å². The number of ether oxygens (including phenoxy) is 1. The van der Waals surface area contributed by atoms with Crippen LogP contribution in [0.15, 0.2) is 24.3 Å². The van der Waals surface area contributed by atoms with Crippen LogP contribution in [0.25, 0.3) is 0 Å². The Morgan fingerprint density at radius 3 is 2.62 bits per heavy atom. The summed E-state index contributed by atoms with van der Waals surface area (Å²) in [4.78, 5) is 12.0. The van der Waals surface area contributed by atoms with Crippen LogP contribution >= 0.6 is 0 Å². The van der Waals surface area contributed by atoms with Crippen LogP contribution in [0.1, 0.15) is 39.5 Å². The molecule has 2 amide bonds. The maximum absolute atomic E-state index is 12.0. The molecular weight excluding hydrogens is 268 g/mol. The van der Waals surface area contributed by atoms with Gasteiger partial charge in [-0.15, -0.1) is 0 Å². The number of benzene rings is 1. The van der Waals surface area contributed by atoms with E-state index in [-0.39, 0.29) is 17.8 Å². The smallest absolute Gasteiger partial charge is 0.317 e. The molecule has 116 valence electrons. The van der Waals surface area contributed by atoms with Crippen LogP contribution in [0.5, 0.6) is 11.5 Å². The number of nitrogens with one attached hydrogen (secondary N) is 2. The molecule has 0 aliphatic heterocycles. The maximum Gasteiger partial charge on any atom is 0.317 e. The van der Waals surface area contributed by atoms with E-state index >= 15 is 0 Å². The lowest BCUT2D eigenvalue weighted by Crippen LogP contribution is -2.49. The molecule has 1 aromatic rings. The summed E-state index contributed by atoms with van der Waals surface area (Å²) in [6.07, 6.45) is 4.20. The van der Waals surface area contributed by atoms with Gasteiger partial charge in [0.1, 0.15) is 11.5 Å². The fourth-order valence-electron chi connectivity index (χ4n) is 2.68. The van der Waals surface area contributed by atoms with E-state index in [1.807, 2.05) is 0 Å². The average Bonchev–Trinajstić information content (AvgIpc) is 2.44. The predicted octanol–water partition coefficient (Wildman–Crippen LogP) is 2.99. The molecule has 1 saturated carbocycles. The minimum atomic E-state index is -0.437. The van der Waals surface area contributed by atoms with Gasteiger partial charge in [-0.1, -0.05) is 19.8 Å². The summed E-state index contributed by atoms with van der Waals surface area (Å²) < 4.78 is 5.57. The van der Waals surface area contributed by atoms with Gasteiger partial charge in [-0.2, -0.15) is 0 Å². The minimum Gasteiger partial charge on any atom is -0.508 e. The standard InChI is InChI=1S/C16H24N2O3/c1-11-5-3-4-6-15(11)18-16(20)17-12(2)21-14-9-7-13(19)8-10-14/h7-12,15,19H,3-6H2,1-2H3,(H2,17,18,20). The Labute approximate surface area is 125 Å². The van der Waals surface area contributed by atoms with Crippen LogP contribution in [-0.4, -0.2) is 23.4 Å². The van der Waals surface area contributed by atoms with Gasteiger partial charge in [-0.05, 0) is 49.9 Å². The van der Waals surface area contributed by atoms with Crippen molar-refractivity contribution in [3.05, 3.63) is 24.3 Å². The molecule has 3 unspecified atom stereocenters. The Morgan fingerprint density at radius 2 is 1.95 bits per heavy atom. The van der Waals surface area contributed by atoms with Crippen molar-refractivity contribution in [2.24, 2.45) is 5.92 Å². The number of phenolic OH excluding ortho intramolecular Hbond substituents is 1. The highest BCUT2D eigenvalue weighted by atomic mass is 16.5. The molecule has 5 heteroatoms. The fourth-order valence-corrected chi connectivity index (χ4v) is 2.68. The molecule has 1 aliphatic carbocycles. The average molecular weight is 292 g/mol. The Hall–Kier alpha value is -1.91. The molecule has 0 saturated heterocycles. The van der Waals surface area contributed by atoms with Crippen molar-refractivity contribution in [3.8, 4) is 11.5 Å². The highest BCUT2D eigenvalue weighted by molar-refractivity contribution is 5.74. The molecule has 0 bridgehead atoms. The third-order valence-corrected chi connectivity index (χ3v) is 3.91. The largest absolute Gasteiger partial charge is 0.508 e. The number of urea groups is 1. The normalized spacial score (nSPS) is 23.1. The number of hydrogen-bond donors (Lipinski definition) is 3. The zero-order valence-electron chi connectivity index (χ0n) is 12.6. The maximum atomic E-state index is 12.0. The third kappa shape index (κ3) is 4.85. The second kappa shape index (κ2) is 7.20. The number of phenols is 1. The molecule has 5 nitrogen and oxygen atoms in total. The lowest BCUT2D eigenvalue weighted by atomic mass is 9.86. The second-order valence-electron chi connectivity index (χ2n) is 5.74. The quantitative estimate of drug-likeness (QED) is 0.747. The first-order chi connectivity index (χ1) is 10.0. The fraction of sp³-hybridized carbons (Fsp3) is 0.562. The number of carbonyl (C=O) groups excluding carboxylic acids is 1. The van der Waals surface area contributed by atoms with Gasteiger partial charge in [0, 0.05) is 6.04 Å². The molecule has 1 aromatic carbocycles. The molecular formula is C16H24N2O3. The molecule has 0 radical (unpaired) electrons. The molecule has 1 aliphatic rings. The lowest BCUT2D eigenvalue weighted by Gasteiger charge is -2.30. The van der Waals surface area contributed by atoms with E-state index in [0.29, 0.717) is 11.7 Å². The van der Waals surface area contributed by atoms with Crippen molar-refractivity contribution in [3.63, 3.8) is 0 Å². The van der Waals surface area contributed by atoms with Gasteiger partial charge in [0.15, 0.2) is 6.23 Å². The Bertz CT molecular complexity index is 461. The molecule has 2 rings (SSSR count). The first-order valence-electron chi connectivity index (χ1n) is 7.57. The van der Waals surface area contributed by atoms with E-state index < -0.39 is 6.23 Å². The Balaban J connectivity index is 1.77. The van der Waals surface area contributed by atoms with Gasteiger partial charge in [0.05, 0.1) is 0 Å². The van der Waals surface area contributed by atoms with E-state index in [1.165, 1.54) is 19.3 Å². The van der Waals surface area contributed by atoms with E-state index in [9.17, 15) is 9.90 Å². The predicted molar refractivity (Wildman–Crippen MR) is 81.3 cm³/mol. The Kier molecular flexibility index (Phi) is 5.31. The van der Waals surface area contributed by atoms with E-state index in [0.717, 1.165) is 6.42 Å². The van der Waals surface area contributed by atoms with Crippen molar-refractivity contribution in [2.75, 3.05) is 0 Å². The topological polar surface area (TPSA) is 70.6 Å². The van der Waals surface area contributed by atoms with Gasteiger partial charge in [-0.25, -0.2) is 4.79 Å². The summed E-state index contributed by atoms with van der Waals surface area (Å²) in [6.45, 7) is 3.96. The first kappa shape index (κ1) is 15.5. The molecule has 1 fully saturated rings. The monoisotopic (exact) mass is 292 g/mol. The number of aromatic hydroxyl groups is 1. The highest BCUT2D eigenvalue weighted by Gasteiger charge is 2.23. The van der Waals surface area contributed by atoms with Crippen LogP contribution in [0.2, 0.25) is 0 Å². The molecule has 0 heterocycles. The number of hydrogen-bond acceptors (Lipinski definition) is 3. The SMILES string of the molecule is CC(NC(=O)NC1CCCCC1C)Oc1ccc(O)cc1. The third-order valence-electron chi connectivity index (χ3n) is 3.91. The zero-order valence-corrected chi connectivity index (χ0v) is 12.6. The minimum absolute atomic E-state index is 0.187. The Morgan fingerprint density at radius 1 is 1.29 bits per heavy atom. The summed E-state index contributed by atoms with van der Waals surface area (Å²) in [7, 11) is 0. The van der Waals surface area contributed by atoms with Gasteiger partial charge in [0.25, 0.3) is 0 Å². The summed E-state index contributed by atoms with van der Waals surface area (Å²) in [6, 6.07) is 6.47. The summed E-state index contributed by atoms with van der Waals surface area (Å²) in [5, 5.41) is 15.0. The van der Waals surface area contributed by atoms with Crippen LogP contribution in [0.3, 0.4) is 0 Å². The van der Waals surface area contributed by atoms with Gasteiger partial charge in [0.2, 0.25) is 0 Å². The summed E-state index contributed by atoms with van der Waals surface area (Å²) in [5.41, 5.74) is 0. The second-order valence-corrected chi connectivity index (χ2v) is 5.74.